The van der Waals surface area contributed by atoms with Gasteiger partial charge < -0.3 is 0 Å². The van der Waals surface area contributed by atoms with Crippen LogP contribution in [-0.4, -0.2) is 10.8 Å². The fourth-order valence-electron chi connectivity index (χ4n) is 4.45. The Bertz CT molecular complexity index is 928. The van der Waals surface area contributed by atoms with Gasteiger partial charge in [-0.2, -0.15) is 0 Å². The molecule has 1 aliphatic carbocycles. The summed E-state index contributed by atoms with van der Waals surface area (Å²) >= 11 is 1.79. The molecule has 1 aliphatic rings. The maximum absolute atomic E-state index is 12.4. The van der Waals surface area contributed by atoms with Crippen LogP contribution >= 0.6 is 11.3 Å². The van der Waals surface area contributed by atoms with E-state index >= 15 is 0 Å². The summed E-state index contributed by atoms with van der Waals surface area (Å²) in [5, 5.41) is 1.04. The van der Waals surface area contributed by atoms with E-state index in [0.717, 1.165) is 62.3 Å². The van der Waals surface area contributed by atoms with E-state index in [1.165, 1.54) is 42.7 Å². The molecule has 0 aromatic carbocycles. The monoisotopic (exact) mass is 519 g/mol. The number of unbranched alkanes of at least 4 members (excludes halogenated alkanes) is 1. The first-order valence-electron chi connectivity index (χ1n) is 14.6. The molecule has 0 radical (unpaired) electrons. The lowest BCUT2D eigenvalue weighted by molar-refractivity contribution is -0.118. The van der Waals surface area contributed by atoms with Crippen LogP contribution in [-0.2, 0) is 24.1 Å². The first kappa shape index (κ1) is 31.0. The molecule has 1 heterocycles. The Morgan fingerprint density at radius 1 is 0.838 bits per heavy atom. The van der Waals surface area contributed by atoms with Gasteiger partial charge in [0.1, 0.15) is 10.8 Å². The van der Waals surface area contributed by atoms with Crippen LogP contribution in [0.4, 0.5) is 0 Å². The van der Waals surface area contributed by atoms with Gasteiger partial charge >= 0.3 is 0 Å². The maximum atomic E-state index is 12.4. The van der Waals surface area contributed by atoms with Crippen LogP contribution in [0.15, 0.2) is 72.9 Å². The minimum Gasteiger partial charge on any atom is -0.299 e. The number of aromatic nitrogens is 1. The first-order valence-corrected chi connectivity index (χ1v) is 15.4. The molecule has 1 atom stereocenters. The molecule has 0 fully saturated rings. The van der Waals surface area contributed by atoms with E-state index in [9.17, 15) is 4.79 Å². The molecule has 37 heavy (non-hydrogen) atoms. The number of nitrogens with zero attached hydrogens (tertiary/aromatic N) is 1. The van der Waals surface area contributed by atoms with E-state index in [1.807, 2.05) is 0 Å². The molecule has 0 saturated carbocycles. The highest BCUT2D eigenvalue weighted by molar-refractivity contribution is 7.11. The second-order valence-electron chi connectivity index (χ2n) is 9.90. The van der Waals surface area contributed by atoms with Crippen molar-refractivity contribution < 1.29 is 4.79 Å². The summed E-state index contributed by atoms with van der Waals surface area (Å²) in [6, 6.07) is 0. The zero-order valence-electron chi connectivity index (χ0n) is 23.4. The third-order valence-electron chi connectivity index (χ3n) is 6.59. The van der Waals surface area contributed by atoms with E-state index < -0.39 is 0 Å². The van der Waals surface area contributed by atoms with Crippen molar-refractivity contribution in [2.24, 2.45) is 5.92 Å². The van der Waals surface area contributed by atoms with Crippen LogP contribution in [0.3, 0.4) is 0 Å². The molecule has 0 unspecified atom stereocenters. The lowest BCUT2D eigenvalue weighted by Gasteiger charge is -2.20. The topological polar surface area (TPSA) is 30.0 Å². The van der Waals surface area contributed by atoms with Gasteiger partial charge in [-0.05, 0) is 70.1 Å². The van der Waals surface area contributed by atoms with Crippen molar-refractivity contribution >= 4 is 17.1 Å². The van der Waals surface area contributed by atoms with Crippen molar-refractivity contribution in [1.29, 1.82) is 0 Å². The van der Waals surface area contributed by atoms with Crippen LogP contribution in [0.2, 0.25) is 0 Å². The molecule has 0 N–H and O–H groups in total. The van der Waals surface area contributed by atoms with Crippen LogP contribution in [0.5, 0.6) is 0 Å². The molecule has 0 spiro atoms. The number of allylic oxidation sites excluding steroid dienone is 12. The number of hydrogen-bond acceptors (Lipinski definition) is 3. The Morgan fingerprint density at radius 2 is 1.41 bits per heavy atom. The number of aryl methyl sites for hydroxylation is 1. The Hall–Kier alpha value is -2.26. The van der Waals surface area contributed by atoms with Crippen molar-refractivity contribution in [2.45, 2.75) is 110 Å². The predicted octanol–water partition coefficient (Wildman–Crippen LogP) is 10.0. The average molecular weight is 520 g/mol. The fourth-order valence-corrected chi connectivity index (χ4v) is 5.71. The van der Waals surface area contributed by atoms with Gasteiger partial charge in [0.15, 0.2) is 0 Å². The molecule has 202 valence electrons. The molecule has 3 heteroatoms. The summed E-state index contributed by atoms with van der Waals surface area (Å²) in [7, 11) is 0. The van der Waals surface area contributed by atoms with Crippen LogP contribution in [0, 0.1) is 5.92 Å². The Balaban J connectivity index is 1.50. The van der Waals surface area contributed by atoms with Crippen molar-refractivity contribution in [3.8, 4) is 0 Å². The fraction of sp³-hybridized carbons (Fsp3) is 0.529. The van der Waals surface area contributed by atoms with Gasteiger partial charge in [0.25, 0.3) is 0 Å². The van der Waals surface area contributed by atoms with Crippen LogP contribution in [0.25, 0.3) is 0 Å². The van der Waals surface area contributed by atoms with Crippen molar-refractivity contribution in [2.75, 3.05) is 0 Å². The van der Waals surface area contributed by atoms with E-state index in [1.54, 1.807) is 11.3 Å². The minimum absolute atomic E-state index is 0.313. The largest absolute Gasteiger partial charge is 0.299 e. The highest BCUT2D eigenvalue weighted by atomic mass is 32.1. The Kier molecular flexibility index (Phi) is 17.4. The number of carbonyl (C=O) groups excluding carboxylic acids is 1. The summed E-state index contributed by atoms with van der Waals surface area (Å²) in [6.07, 6.45) is 42.0. The summed E-state index contributed by atoms with van der Waals surface area (Å²) in [6.45, 7) is 4.43. The molecule has 2 nitrogen and oxygen atoms in total. The quantitative estimate of drug-likeness (QED) is 0.170. The number of fused-ring (bicyclic) bond motifs is 1. The van der Waals surface area contributed by atoms with E-state index in [4.69, 9.17) is 4.98 Å². The molecule has 0 amide bonds. The van der Waals surface area contributed by atoms with Crippen LogP contribution in [0.1, 0.15) is 106 Å². The molecule has 1 aromatic rings. The molecule has 0 bridgehead atoms. The number of rotatable bonds is 19. The SMILES string of the molecule is CC/C=C\C/C=C\C/C=C\C/C=C\C/C=C\C/C=C\CCC(=O)Cc1nc2c(s1)C[C@H](CCCC)CC2. The van der Waals surface area contributed by atoms with Gasteiger partial charge in [-0.15, -0.1) is 11.3 Å². The van der Waals surface area contributed by atoms with Gasteiger partial charge in [-0.1, -0.05) is 106 Å². The molecule has 1 aromatic heterocycles. The third-order valence-corrected chi connectivity index (χ3v) is 7.71. The second kappa shape index (κ2) is 20.8. The second-order valence-corrected chi connectivity index (χ2v) is 11.1. The van der Waals surface area contributed by atoms with Crippen LogP contribution < -0.4 is 0 Å². The van der Waals surface area contributed by atoms with E-state index in [2.05, 4.69) is 86.8 Å². The maximum Gasteiger partial charge on any atom is 0.140 e. The van der Waals surface area contributed by atoms with E-state index in [-0.39, 0.29) is 0 Å². The highest BCUT2D eigenvalue weighted by Crippen LogP contribution is 2.32. The molecule has 2 rings (SSSR count). The highest BCUT2D eigenvalue weighted by Gasteiger charge is 2.22. The van der Waals surface area contributed by atoms with Gasteiger partial charge in [0.05, 0.1) is 12.1 Å². The van der Waals surface area contributed by atoms with Crippen molar-refractivity contribution in [1.82, 2.24) is 4.98 Å². The number of carbonyl (C=O) groups is 1. The molecular weight excluding hydrogens is 470 g/mol. The summed E-state index contributed by atoms with van der Waals surface area (Å²) < 4.78 is 0. The normalized spacial score (nSPS) is 16.5. The predicted molar refractivity (Wildman–Crippen MR) is 163 cm³/mol. The standard InChI is InChI=1S/C34H49NOS/c1-3-5-7-8-9-10-11-12-13-14-15-16-17-18-19-20-21-22-23-25-31(36)29-34-35-32-27-26-30(24-6-4-2)28-33(32)37-34/h5,7,9-10,12-13,15-16,18-19,21-22,30H,3-4,6,8,11,14,17,20,23-29H2,1-2H3/b7-5-,10-9-,13-12-,16-15-,19-18-,22-21-/t30-/m1/s1. The zero-order valence-corrected chi connectivity index (χ0v) is 24.2. The smallest absolute Gasteiger partial charge is 0.140 e. The summed E-state index contributed by atoms with van der Waals surface area (Å²) in [5.41, 5.74) is 1.28. The first-order chi connectivity index (χ1) is 18.2. The number of thiazole rings is 1. The summed E-state index contributed by atoms with van der Waals surface area (Å²) in [4.78, 5) is 18.7. The minimum atomic E-state index is 0.313. The Morgan fingerprint density at radius 3 is 1.97 bits per heavy atom. The molecular formula is C34H49NOS. The summed E-state index contributed by atoms with van der Waals surface area (Å²) in [5.74, 6) is 1.14. The number of hydrogen-bond donors (Lipinski definition) is 0. The van der Waals surface area contributed by atoms with E-state index in [0.29, 0.717) is 18.6 Å². The lowest BCUT2D eigenvalue weighted by Crippen LogP contribution is -2.12. The van der Waals surface area contributed by atoms with Gasteiger partial charge in [-0.25, -0.2) is 4.98 Å². The van der Waals surface area contributed by atoms with Crippen molar-refractivity contribution in [3.05, 3.63) is 88.5 Å². The van der Waals surface area contributed by atoms with Gasteiger partial charge in [-0.3, -0.25) is 4.79 Å². The average Bonchev–Trinajstić information content (AvgIpc) is 3.30. The third kappa shape index (κ3) is 14.9. The molecule has 0 saturated heterocycles. The Labute approximate surface area is 231 Å². The van der Waals surface area contributed by atoms with Gasteiger partial charge in [0, 0.05) is 11.3 Å². The molecule has 0 aliphatic heterocycles. The zero-order chi connectivity index (χ0) is 26.4. The lowest BCUT2D eigenvalue weighted by atomic mass is 9.87. The number of ketones is 1. The van der Waals surface area contributed by atoms with Crippen molar-refractivity contribution in [3.63, 3.8) is 0 Å². The van der Waals surface area contributed by atoms with Gasteiger partial charge in [0.2, 0.25) is 0 Å². The number of Topliss-reactive ketones (excluding diaryl/α,β-unsaturated/α-hetero) is 1.